The number of carbonyl (C=O) groups excluding carboxylic acids is 1. The summed E-state index contributed by atoms with van der Waals surface area (Å²) in [7, 11) is -3.01. The van der Waals surface area contributed by atoms with Crippen LogP contribution in [0.4, 0.5) is 5.69 Å². The van der Waals surface area contributed by atoms with Crippen molar-refractivity contribution in [2.75, 3.05) is 24.6 Å². The molecule has 3 aromatic rings. The van der Waals surface area contributed by atoms with Crippen molar-refractivity contribution in [2.24, 2.45) is 0 Å². The summed E-state index contributed by atoms with van der Waals surface area (Å²) in [6.45, 7) is 4.99. The lowest BCUT2D eigenvalue weighted by Gasteiger charge is -2.23. The first-order valence-corrected chi connectivity index (χ1v) is 10.7. The number of amides is 1. The van der Waals surface area contributed by atoms with Gasteiger partial charge in [-0.25, -0.2) is 9.50 Å². The Morgan fingerprint density at radius 2 is 1.97 bits per heavy atom. The molecule has 0 N–H and O–H groups in total. The number of nitrogens with zero attached hydrogens (tertiary/aromatic N) is 5. The van der Waals surface area contributed by atoms with Gasteiger partial charge in [0.15, 0.2) is 0 Å². The average molecular weight is 454 g/mol. The quantitative estimate of drug-likeness (QED) is 0.499. The minimum absolute atomic E-state index is 0.0117. The molecule has 0 fully saturated rings. The van der Waals surface area contributed by atoms with Gasteiger partial charge in [-0.05, 0) is 32.0 Å². The molecule has 0 aliphatic carbocycles. The highest BCUT2D eigenvalue weighted by atomic mass is 35.5. The number of ether oxygens (including phenoxy) is 2. The number of para-hydroxylation sites is 1. The van der Waals surface area contributed by atoms with Gasteiger partial charge in [-0.15, -0.1) is 5.10 Å². The summed E-state index contributed by atoms with van der Waals surface area (Å²) in [5, 5.41) is 3.48. The maximum absolute atomic E-state index is 13.4. The molecule has 12 heteroatoms. The van der Waals surface area contributed by atoms with E-state index in [1.807, 2.05) is 0 Å². The molecule has 0 unspecified atom stereocenters. The summed E-state index contributed by atoms with van der Waals surface area (Å²) < 4.78 is 39.1. The van der Waals surface area contributed by atoms with Crippen molar-refractivity contribution in [2.45, 2.75) is 25.9 Å². The van der Waals surface area contributed by atoms with Crippen LogP contribution in [0, 0.1) is 13.8 Å². The van der Waals surface area contributed by atoms with Crippen molar-refractivity contribution < 1.29 is 22.7 Å². The minimum Gasteiger partial charge on any atom is -0.489 e. The second-order valence-corrected chi connectivity index (χ2v) is 8.45. The molecule has 0 aliphatic rings. The summed E-state index contributed by atoms with van der Waals surface area (Å²) in [4.78, 5) is 20.7. The zero-order chi connectivity index (χ0) is 22.1. The number of sulfonamides is 1. The highest BCUT2D eigenvalue weighted by molar-refractivity contribution is 7.93. The Morgan fingerprint density at radius 3 is 2.63 bits per heavy atom. The molecule has 0 radical (unpaired) electrons. The summed E-state index contributed by atoms with van der Waals surface area (Å²) in [5.74, 6) is -0.600. The fourth-order valence-corrected chi connectivity index (χ4v) is 4.44. The molecule has 2 aromatic heterocycles. The second-order valence-electron chi connectivity index (χ2n) is 6.36. The number of halogens is 1. The van der Waals surface area contributed by atoms with Gasteiger partial charge in [-0.3, -0.25) is 4.79 Å². The van der Waals surface area contributed by atoms with Gasteiger partial charge in [-0.1, -0.05) is 17.7 Å². The molecule has 2 heterocycles. The standard InChI is InChI=1S/C18H20ClN5O5S/c1-11-10-12(2)23-17(20-11)21-18(22-23)30(26,27)24(13(3)25)16-14(19)6-5-7-15(16)29-9-8-28-4/h5-7,10H,8-9H2,1-4H3. The number of hydrogen-bond acceptors (Lipinski definition) is 8. The summed E-state index contributed by atoms with van der Waals surface area (Å²) in [6, 6.07) is 6.28. The fourth-order valence-electron chi connectivity index (χ4n) is 2.83. The maximum Gasteiger partial charge on any atom is 0.308 e. The Labute approximate surface area is 178 Å². The Hall–Kier alpha value is -2.76. The van der Waals surface area contributed by atoms with Crippen LogP contribution in [0.3, 0.4) is 0 Å². The number of aryl methyl sites for hydroxylation is 2. The first-order chi connectivity index (χ1) is 14.2. The zero-order valence-electron chi connectivity index (χ0n) is 16.8. The minimum atomic E-state index is -4.52. The average Bonchev–Trinajstić information content (AvgIpc) is 3.09. The number of benzene rings is 1. The van der Waals surface area contributed by atoms with Crippen LogP contribution >= 0.6 is 11.6 Å². The van der Waals surface area contributed by atoms with Gasteiger partial charge < -0.3 is 9.47 Å². The molecule has 30 heavy (non-hydrogen) atoms. The summed E-state index contributed by atoms with van der Waals surface area (Å²) in [6.07, 6.45) is 0. The molecular weight excluding hydrogens is 434 g/mol. The van der Waals surface area contributed by atoms with Crippen LogP contribution in [0.15, 0.2) is 29.4 Å². The normalized spacial score (nSPS) is 11.6. The summed E-state index contributed by atoms with van der Waals surface area (Å²) >= 11 is 6.27. The summed E-state index contributed by atoms with van der Waals surface area (Å²) in [5.41, 5.74) is 1.17. The highest BCUT2D eigenvalue weighted by Crippen LogP contribution is 2.38. The lowest BCUT2D eigenvalue weighted by atomic mass is 10.3. The van der Waals surface area contributed by atoms with Crippen molar-refractivity contribution >= 4 is 39.0 Å². The van der Waals surface area contributed by atoms with Gasteiger partial charge in [-0.2, -0.15) is 17.7 Å². The van der Waals surface area contributed by atoms with Gasteiger partial charge >= 0.3 is 10.0 Å². The lowest BCUT2D eigenvalue weighted by molar-refractivity contribution is -0.115. The number of hydrogen-bond donors (Lipinski definition) is 0. The first kappa shape index (κ1) is 21.9. The predicted molar refractivity (Wildman–Crippen MR) is 109 cm³/mol. The van der Waals surface area contributed by atoms with Crippen LogP contribution in [0.1, 0.15) is 18.3 Å². The molecule has 10 nitrogen and oxygen atoms in total. The van der Waals surface area contributed by atoms with Gasteiger partial charge in [0.2, 0.25) is 5.91 Å². The molecule has 1 aromatic carbocycles. The molecule has 0 saturated carbocycles. The molecule has 0 saturated heterocycles. The highest BCUT2D eigenvalue weighted by Gasteiger charge is 2.36. The molecule has 0 atom stereocenters. The Balaban J connectivity index is 2.16. The van der Waals surface area contributed by atoms with E-state index in [-0.39, 0.29) is 35.5 Å². The monoisotopic (exact) mass is 453 g/mol. The van der Waals surface area contributed by atoms with E-state index in [1.165, 1.54) is 23.8 Å². The molecule has 160 valence electrons. The van der Waals surface area contributed by atoms with E-state index >= 15 is 0 Å². The number of anilines is 1. The number of carbonyl (C=O) groups is 1. The largest absolute Gasteiger partial charge is 0.489 e. The molecule has 0 aliphatic heterocycles. The number of methoxy groups -OCH3 is 1. The Bertz CT molecular complexity index is 1210. The molecule has 0 spiro atoms. The SMILES string of the molecule is COCCOc1cccc(Cl)c1N(C(C)=O)S(=O)(=O)c1nc2nc(C)cc(C)n2n1. The Morgan fingerprint density at radius 1 is 1.23 bits per heavy atom. The van der Waals surface area contributed by atoms with E-state index in [0.717, 1.165) is 6.92 Å². The lowest BCUT2D eigenvalue weighted by Crippen LogP contribution is -2.36. The van der Waals surface area contributed by atoms with Crippen molar-refractivity contribution in [1.82, 2.24) is 19.6 Å². The smallest absolute Gasteiger partial charge is 0.308 e. The van der Waals surface area contributed by atoms with E-state index < -0.39 is 21.1 Å². The van der Waals surface area contributed by atoms with Crippen LogP contribution in [0.25, 0.3) is 5.78 Å². The van der Waals surface area contributed by atoms with Gasteiger partial charge in [0.05, 0.1) is 11.6 Å². The van der Waals surface area contributed by atoms with Crippen molar-refractivity contribution in [3.63, 3.8) is 0 Å². The zero-order valence-corrected chi connectivity index (χ0v) is 18.4. The van der Waals surface area contributed by atoms with Crippen LogP contribution in [0.5, 0.6) is 5.75 Å². The van der Waals surface area contributed by atoms with Crippen molar-refractivity contribution in [1.29, 1.82) is 0 Å². The first-order valence-electron chi connectivity index (χ1n) is 8.84. The third-order valence-corrected chi connectivity index (χ3v) is 5.91. The fraction of sp³-hybridized carbons (Fsp3) is 0.333. The molecular formula is C18H20ClN5O5S. The third kappa shape index (κ3) is 4.09. The number of fused-ring (bicyclic) bond motifs is 1. The van der Waals surface area contributed by atoms with E-state index in [4.69, 9.17) is 21.1 Å². The van der Waals surface area contributed by atoms with Crippen LogP contribution < -0.4 is 9.04 Å². The van der Waals surface area contributed by atoms with E-state index in [0.29, 0.717) is 15.7 Å². The van der Waals surface area contributed by atoms with Crippen LogP contribution in [-0.2, 0) is 19.6 Å². The topological polar surface area (TPSA) is 116 Å². The maximum atomic E-state index is 13.4. The van der Waals surface area contributed by atoms with Gasteiger partial charge in [0, 0.05) is 25.4 Å². The third-order valence-electron chi connectivity index (χ3n) is 4.05. The second kappa shape index (κ2) is 8.54. The van der Waals surface area contributed by atoms with Crippen molar-refractivity contribution in [3.8, 4) is 5.75 Å². The van der Waals surface area contributed by atoms with Gasteiger partial charge in [0.1, 0.15) is 18.0 Å². The van der Waals surface area contributed by atoms with E-state index in [1.54, 1.807) is 26.0 Å². The number of aromatic nitrogens is 4. The van der Waals surface area contributed by atoms with E-state index in [9.17, 15) is 13.2 Å². The van der Waals surface area contributed by atoms with Crippen LogP contribution in [-0.4, -0.2) is 54.2 Å². The molecule has 0 bridgehead atoms. The Kier molecular flexibility index (Phi) is 6.25. The van der Waals surface area contributed by atoms with E-state index in [2.05, 4.69) is 15.1 Å². The van der Waals surface area contributed by atoms with Crippen LogP contribution in [0.2, 0.25) is 5.02 Å². The van der Waals surface area contributed by atoms with Gasteiger partial charge in [0.25, 0.3) is 10.9 Å². The molecule has 1 amide bonds. The van der Waals surface area contributed by atoms with Crippen molar-refractivity contribution in [3.05, 3.63) is 40.7 Å². The molecule has 3 rings (SSSR count). The predicted octanol–water partition coefficient (Wildman–Crippen LogP) is 2.16. The number of rotatable bonds is 7.